The predicted octanol–water partition coefficient (Wildman–Crippen LogP) is 3.12. The summed E-state index contributed by atoms with van der Waals surface area (Å²) in [5.74, 6) is 0.652. The standard InChI is InChI=1S/C21H31FN4O3/c1-5-6-10-26-19(23)18(20(27)24-21(26)28)25(11-9-14(2)3)13-15-12-16(22)7-8-17(15)29-4/h7-8,12,14H,5-6,9-11,13,23H2,1-4H3,(H,24,27,28). The molecule has 1 aromatic carbocycles. The fourth-order valence-corrected chi connectivity index (χ4v) is 3.18. The second kappa shape index (κ2) is 10.1. The highest BCUT2D eigenvalue weighted by Gasteiger charge is 2.21. The van der Waals surface area contributed by atoms with E-state index in [-0.39, 0.29) is 23.9 Å². The van der Waals surface area contributed by atoms with E-state index < -0.39 is 11.2 Å². The number of nitrogens with zero attached hydrogens (tertiary/aromatic N) is 2. The van der Waals surface area contributed by atoms with E-state index >= 15 is 0 Å². The lowest BCUT2D eigenvalue weighted by atomic mass is 10.1. The number of aromatic amines is 1. The van der Waals surface area contributed by atoms with Gasteiger partial charge in [0.15, 0.2) is 0 Å². The van der Waals surface area contributed by atoms with E-state index in [2.05, 4.69) is 18.8 Å². The second-order valence-electron chi connectivity index (χ2n) is 7.56. The van der Waals surface area contributed by atoms with Crippen molar-refractivity contribution in [2.75, 3.05) is 24.3 Å². The number of benzene rings is 1. The number of nitrogens with two attached hydrogens (primary N) is 1. The fraction of sp³-hybridized carbons (Fsp3) is 0.524. The molecule has 0 saturated heterocycles. The Hall–Kier alpha value is -2.77. The molecule has 0 atom stereocenters. The summed E-state index contributed by atoms with van der Waals surface area (Å²) in [6.45, 7) is 7.35. The summed E-state index contributed by atoms with van der Waals surface area (Å²) in [5.41, 5.74) is 6.05. The maximum atomic E-state index is 13.9. The number of nitrogen functional groups attached to an aromatic ring is 1. The largest absolute Gasteiger partial charge is 0.496 e. The number of H-pyrrole nitrogens is 1. The minimum Gasteiger partial charge on any atom is -0.496 e. The van der Waals surface area contributed by atoms with Gasteiger partial charge in [-0.25, -0.2) is 9.18 Å². The Balaban J connectivity index is 2.54. The van der Waals surface area contributed by atoms with Crippen molar-refractivity contribution in [3.63, 3.8) is 0 Å². The molecule has 0 aliphatic rings. The van der Waals surface area contributed by atoms with Crippen LogP contribution >= 0.6 is 0 Å². The Morgan fingerprint density at radius 2 is 2.03 bits per heavy atom. The fourth-order valence-electron chi connectivity index (χ4n) is 3.18. The molecule has 0 spiro atoms. The number of methoxy groups -OCH3 is 1. The van der Waals surface area contributed by atoms with Gasteiger partial charge < -0.3 is 15.4 Å². The van der Waals surface area contributed by atoms with Gasteiger partial charge in [0, 0.05) is 25.2 Å². The van der Waals surface area contributed by atoms with E-state index in [9.17, 15) is 14.0 Å². The van der Waals surface area contributed by atoms with Gasteiger partial charge in [-0.3, -0.25) is 14.3 Å². The molecule has 0 radical (unpaired) electrons. The van der Waals surface area contributed by atoms with Crippen LogP contribution in [0.2, 0.25) is 0 Å². The van der Waals surface area contributed by atoms with Crippen LogP contribution in [0.4, 0.5) is 15.9 Å². The third kappa shape index (κ3) is 5.62. The Morgan fingerprint density at radius 3 is 2.66 bits per heavy atom. The summed E-state index contributed by atoms with van der Waals surface area (Å²) in [4.78, 5) is 29.1. The quantitative estimate of drug-likeness (QED) is 0.632. The summed E-state index contributed by atoms with van der Waals surface area (Å²) in [6, 6.07) is 4.27. The lowest BCUT2D eigenvalue weighted by Crippen LogP contribution is -2.39. The van der Waals surface area contributed by atoms with E-state index in [1.165, 1.54) is 23.8 Å². The van der Waals surface area contributed by atoms with Crippen LogP contribution < -0.4 is 26.6 Å². The van der Waals surface area contributed by atoms with Gasteiger partial charge in [0.05, 0.1) is 7.11 Å². The third-order valence-corrected chi connectivity index (χ3v) is 4.85. The molecule has 3 N–H and O–H groups in total. The van der Waals surface area contributed by atoms with Crippen LogP contribution in [-0.4, -0.2) is 23.2 Å². The highest BCUT2D eigenvalue weighted by atomic mass is 19.1. The van der Waals surface area contributed by atoms with Crippen LogP contribution in [0.5, 0.6) is 5.75 Å². The number of rotatable bonds is 10. The molecule has 160 valence electrons. The van der Waals surface area contributed by atoms with E-state index in [0.29, 0.717) is 30.3 Å². The van der Waals surface area contributed by atoms with Crippen LogP contribution in [0.3, 0.4) is 0 Å². The smallest absolute Gasteiger partial charge is 0.330 e. The molecule has 1 heterocycles. The van der Waals surface area contributed by atoms with Crippen LogP contribution in [0.15, 0.2) is 27.8 Å². The Labute approximate surface area is 170 Å². The zero-order valence-corrected chi connectivity index (χ0v) is 17.6. The van der Waals surface area contributed by atoms with Crippen molar-refractivity contribution >= 4 is 11.5 Å². The highest BCUT2D eigenvalue weighted by Crippen LogP contribution is 2.26. The lowest BCUT2D eigenvalue weighted by molar-refractivity contribution is 0.407. The number of aromatic nitrogens is 2. The maximum Gasteiger partial charge on any atom is 0.330 e. The maximum absolute atomic E-state index is 13.9. The van der Waals surface area contributed by atoms with Crippen LogP contribution in [-0.2, 0) is 13.1 Å². The van der Waals surface area contributed by atoms with Gasteiger partial charge >= 0.3 is 5.69 Å². The average molecular weight is 407 g/mol. The molecular formula is C21H31FN4O3. The number of unbranched alkanes of at least 4 members (excludes halogenated alkanes) is 1. The predicted molar refractivity (Wildman–Crippen MR) is 114 cm³/mol. The summed E-state index contributed by atoms with van der Waals surface area (Å²) in [6.07, 6.45) is 2.45. The Kier molecular flexibility index (Phi) is 7.87. The van der Waals surface area contributed by atoms with Gasteiger partial charge in [-0.1, -0.05) is 27.2 Å². The normalized spacial score (nSPS) is 11.1. The summed E-state index contributed by atoms with van der Waals surface area (Å²) in [5, 5.41) is 0. The molecule has 0 saturated carbocycles. The van der Waals surface area contributed by atoms with Gasteiger partial charge in [0.25, 0.3) is 5.56 Å². The van der Waals surface area contributed by atoms with Crippen molar-refractivity contribution in [1.29, 1.82) is 0 Å². The Bertz CT molecular complexity index is 936. The molecule has 1 aromatic heterocycles. The first-order valence-corrected chi connectivity index (χ1v) is 9.98. The molecule has 0 bridgehead atoms. The van der Waals surface area contributed by atoms with Crippen molar-refractivity contribution in [3.05, 3.63) is 50.4 Å². The molecule has 0 aliphatic carbocycles. The summed E-state index contributed by atoms with van der Waals surface area (Å²) in [7, 11) is 1.52. The lowest BCUT2D eigenvalue weighted by Gasteiger charge is -2.27. The van der Waals surface area contributed by atoms with Crippen molar-refractivity contribution in [2.45, 2.75) is 53.1 Å². The van der Waals surface area contributed by atoms with Gasteiger partial charge in [-0.2, -0.15) is 0 Å². The molecular weight excluding hydrogens is 375 g/mol. The van der Waals surface area contributed by atoms with E-state index in [1.54, 1.807) is 11.0 Å². The van der Waals surface area contributed by atoms with Gasteiger partial charge in [0.2, 0.25) is 0 Å². The molecule has 0 unspecified atom stereocenters. The topological polar surface area (TPSA) is 93.3 Å². The molecule has 2 aromatic rings. The first-order valence-electron chi connectivity index (χ1n) is 9.98. The number of ether oxygens (including phenoxy) is 1. The third-order valence-electron chi connectivity index (χ3n) is 4.85. The zero-order valence-electron chi connectivity index (χ0n) is 17.6. The molecule has 0 aliphatic heterocycles. The number of hydrogen-bond acceptors (Lipinski definition) is 5. The Morgan fingerprint density at radius 1 is 1.31 bits per heavy atom. The minimum atomic E-state index is -0.542. The molecule has 7 nitrogen and oxygen atoms in total. The SMILES string of the molecule is CCCCn1c(N)c(N(CCC(C)C)Cc2cc(F)ccc2OC)c(=O)[nH]c1=O. The van der Waals surface area contributed by atoms with Gasteiger partial charge in [-0.15, -0.1) is 0 Å². The molecule has 0 amide bonds. The zero-order chi connectivity index (χ0) is 21.6. The number of nitrogens with one attached hydrogen (secondary N) is 1. The minimum absolute atomic E-state index is 0.131. The molecule has 8 heteroatoms. The summed E-state index contributed by atoms with van der Waals surface area (Å²) < 4.78 is 20.6. The first-order chi connectivity index (χ1) is 13.8. The van der Waals surface area contributed by atoms with Crippen LogP contribution in [0.1, 0.15) is 45.6 Å². The van der Waals surface area contributed by atoms with Gasteiger partial charge in [-0.05, 0) is 37.0 Å². The number of anilines is 2. The highest BCUT2D eigenvalue weighted by molar-refractivity contribution is 5.63. The molecule has 29 heavy (non-hydrogen) atoms. The number of halogens is 1. The monoisotopic (exact) mass is 406 g/mol. The van der Waals surface area contributed by atoms with Crippen molar-refractivity contribution in [2.24, 2.45) is 5.92 Å². The molecule has 2 rings (SSSR count). The van der Waals surface area contributed by atoms with Crippen molar-refractivity contribution in [1.82, 2.24) is 9.55 Å². The summed E-state index contributed by atoms with van der Waals surface area (Å²) >= 11 is 0. The number of hydrogen-bond donors (Lipinski definition) is 2. The van der Waals surface area contributed by atoms with Crippen LogP contribution in [0.25, 0.3) is 0 Å². The molecule has 0 fully saturated rings. The van der Waals surface area contributed by atoms with Crippen molar-refractivity contribution < 1.29 is 9.13 Å². The van der Waals surface area contributed by atoms with Crippen LogP contribution in [0, 0.1) is 11.7 Å². The van der Waals surface area contributed by atoms with Gasteiger partial charge in [0.1, 0.15) is 23.1 Å². The second-order valence-corrected chi connectivity index (χ2v) is 7.56. The first kappa shape index (κ1) is 22.5. The van der Waals surface area contributed by atoms with E-state index in [4.69, 9.17) is 10.5 Å². The van der Waals surface area contributed by atoms with E-state index in [0.717, 1.165) is 19.3 Å². The van der Waals surface area contributed by atoms with Crippen molar-refractivity contribution in [3.8, 4) is 5.75 Å². The van der Waals surface area contributed by atoms with E-state index in [1.807, 2.05) is 6.92 Å². The average Bonchev–Trinajstić information content (AvgIpc) is 2.65.